The Morgan fingerprint density at radius 1 is 1.38 bits per heavy atom. The van der Waals surface area contributed by atoms with Crippen LogP contribution in [0.25, 0.3) is 0 Å². The lowest BCUT2D eigenvalue weighted by Crippen LogP contribution is -2.51. The van der Waals surface area contributed by atoms with Gasteiger partial charge < -0.3 is 15.4 Å². The van der Waals surface area contributed by atoms with Crippen molar-refractivity contribution in [3.05, 3.63) is 29.6 Å². The van der Waals surface area contributed by atoms with Crippen molar-refractivity contribution in [2.45, 2.75) is 44.8 Å². The van der Waals surface area contributed by atoms with Gasteiger partial charge in [0.2, 0.25) is 0 Å². The summed E-state index contributed by atoms with van der Waals surface area (Å²) in [6.07, 6.45) is 2.79. The fourth-order valence-corrected chi connectivity index (χ4v) is 3.65. The minimum atomic E-state index is -0.254. The van der Waals surface area contributed by atoms with Gasteiger partial charge in [-0.25, -0.2) is 4.39 Å². The van der Waals surface area contributed by atoms with Gasteiger partial charge in [-0.1, -0.05) is 19.9 Å². The summed E-state index contributed by atoms with van der Waals surface area (Å²) in [6, 6.07) is 4.66. The van der Waals surface area contributed by atoms with Crippen molar-refractivity contribution in [2.75, 3.05) is 19.6 Å². The van der Waals surface area contributed by atoms with E-state index >= 15 is 0 Å². The maximum absolute atomic E-state index is 13.5. The predicted molar refractivity (Wildman–Crippen MR) is 81.8 cm³/mol. The molecule has 3 rings (SSSR count). The number of nitrogens with two attached hydrogens (primary N) is 1. The van der Waals surface area contributed by atoms with Gasteiger partial charge in [0, 0.05) is 43.7 Å². The summed E-state index contributed by atoms with van der Waals surface area (Å²) in [5, 5.41) is 0. The van der Waals surface area contributed by atoms with Gasteiger partial charge in [0.15, 0.2) is 0 Å². The third-order valence-electron chi connectivity index (χ3n) is 4.68. The van der Waals surface area contributed by atoms with E-state index < -0.39 is 0 Å². The first-order chi connectivity index (χ1) is 9.97. The Kier molecular flexibility index (Phi) is 3.93. The summed E-state index contributed by atoms with van der Waals surface area (Å²) in [4.78, 5) is 2.49. The number of hydrogen-bond acceptors (Lipinski definition) is 3. The summed E-state index contributed by atoms with van der Waals surface area (Å²) in [5.41, 5.74) is 7.04. The molecule has 4 heteroatoms. The van der Waals surface area contributed by atoms with E-state index in [2.05, 4.69) is 18.7 Å². The molecular formula is C17H25FN2O. The summed E-state index contributed by atoms with van der Waals surface area (Å²) in [5.74, 6) is 1.07. The third kappa shape index (κ3) is 3.06. The Balaban J connectivity index is 1.74. The topological polar surface area (TPSA) is 38.5 Å². The molecule has 1 saturated heterocycles. The van der Waals surface area contributed by atoms with Crippen molar-refractivity contribution in [3.8, 4) is 5.75 Å². The van der Waals surface area contributed by atoms with Gasteiger partial charge >= 0.3 is 0 Å². The quantitative estimate of drug-likeness (QED) is 0.910. The Morgan fingerprint density at radius 2 is 2.10 bits per heavy atom. The van der Waals surface area contributed by atoms with Crippen LogP contribution in [0, 0.1) is 11.7 Å². The standard InChI is InChI=1S/C17H25FN2O/c1-12(2)11-20-7-5-17(6-8-20)10-15(19)14-4-3-13(18)9-16(14)21-17/h3-4,9,12,15H,5-8,10-11,19H2,1-2H3/t15-/m0/s1. The van der Waals surface area contributed by atoms with Gasteiger partial charge in [-0.15, -0.1) is 0 Å². The highest BCUT2D eigenvalue weighted by Gasteiger charge is 2.42. The third-order valence-corrected chi connectivity index (χ3v) is 4.68. The summed E-state index contributed by atoms with van der Waals surface area (Å²) in [7, 11) is 0. The van der Waals surface area contributed by atoms with E-state index in [0.717, 1.165) is 44.5 Å². The number of benzene rings is 1. The minimum Gasteiger partial charge on any atom is -0.487 e. The molecule has 3 nitrogen and oxygen atoms in total. The van der Waals surface area contributed by atoms with Crippen molar-refractivity contribution in [3.63, 3.8) is 0 Å². The molecule has 1 atom stereocenters. The van der Waals surface area contributed by atoms with Crippen LogP contribution in [0.4, 0.5) is 4.39 Å². The lowest BCUT2D eigenvalue weighted by atomic mass is 9.81. The molecular weight excluding hydrogens is 267 g/mol. The maximum atomic E-state index is 13.5. The van der Waals surface area contributed by atoms with Gasteiger partial charge in [0.1, 0.15) is 17.2 Å². The van der Waals surface area contributed by atoms with Crippen LogP contribution in [0.15, 0.2) is 18.2 Å². The van der Waals surface area contributed by atoms with Crippen molar-refractivity contribution >= 4 is 0 Å². The van der Waals surface area contributed by atoms with E-state index in [4.69, 9.17) is 10.5 Å². The molecule has 1 spiro atoms. The molecule has 116 valence electrons. The number of piperidine rings is 1. The highest BCUT2D eigenvalue weighted by Crippen LogP contribution is 2.43. The van der Waals surface area contributed by atoms with Crippen LogP contribution in [0.3, 0.4) is 0 Å². The molecule has 0 saturated carbocycles. The summed E-state index contributed by atoms with van der Waals surface area (Å²) in [6.45, 7) is 7.70. The number of ether oxygens (including phenoxy) is 1. The smallest absolute Gasteiger partial charge is 0.127 e. The molecule has 0 radical (unpaired) electrons. The normalized spacial score (nSPS) is 24.9. The second kappa shape index (κ2) is 5.58. The number of hydrogen-bond donors (Lipinski definition) is 1. The fourth-order valence-electron chi connectivity index (χ4n) is 3.65. The number of likely N-dealkylation sites (tertiary alicyclic amines) is 1. The molecule has 2 heterocycles. The molecule has 0 amide bonds. The Bertz CT molecular complexity index is 510. The van der Waals surface area contributed by atoms with Gasteiger partial charge in [-0.3, -0.25) is 0 Å². The van der Waals surface area contributed by atoms with Gasteiger partial charge in [-0.2, -0.15) is 0 Å². The molecule has 2 N–H and O–H groups in total. The summed E-state index contributed by atoms with van der Waals surface area (Å²) >= 11 is 0. The van der Waals surface area contributed by atoms with E-state index in [9.17, 15) is 4.39 Å². The van der Waals surface area contributed by atoms with Crippen LogP contribution < -0.4 is 10.5 Å². The Morgan fingerprint density at radius 3 is 2.76 bits per heavy atom. The van der Waals surface area contributed by atoms with Crippen molar-refractivity contribution in [1.29, 1.82) is 0 Å². The highest BCUT2D eigenvalue weighted by molar-refractivity contribution is 5.39. The number of halogens is 1. The van der Waals surface area contributed by atoms with E-state index in [0.29, 0.717) is 11.7 Å². The number of nitrogens with zero attached hydrogens (tertiary/aromatic N) is 1. The molecule has 0 aromatic heterocycles. The second-order valence-corrected chi connectivity index (χ2v) is 6.97. The van der Waals surface area contributed by atoms with Crippen LogP contribution in [-0.4, -0.2) is 30.1 Å². The number of fused-ring (bicyclic) bond motifs is 1. The Hall–Kier alpha value is -1.13. The lowest BCUT2D eigenvalue weighted by molar-refractivity contribution is -0.0238. The first-order valence-corrected chi connectivity index (χ1v) is 7.94. The SMILES string of the molecule is CC(C)CN1CCC2(CC1)C[C@H](N)c1ccc(F)cc1O2. The maximum Gasteiger partial charge on any atom is 0.127 e. The van der Waals surface area contributed by atoms with Crippen LogP contribution in [0.1, 0.15) is 44.7 Å². The monoisotopic (exact) mass is 292 g/mol. The van der Waals surface area contributed by atoms with E-state index in [1.54, 1.807) is 6.07 Å². The van der Waals surface area contributed by atoms with Crippen molar-refractivity contribution in [2.24, 2.45) is 11.7 Å². The molecule has 21 heavy (non-hydrogen) atoms. The van der Waals surface area contributed by atoms with Crippen LogP contribution in [0.2, 0.25) is 0 Å². The first-order valence-electron chi connectivity index (χ1n) is 7.94. The minimum absolute atomic E-state index is 0.0500. The van der Waals surface area contributed by atoms with Crippen molar-refractivity contribution in [1.82, 2.24) is 4.90 Å². The Labute approximate surface area is 126 Å². The molecule has 1 aromatic rings. The average Bonchev–Trinajstić information content (AvgIpc) is 2.40. The number of rotatable bonds is 2. The van der Waals surface area contributed by atoms with Gasteiger partial charge in [0.25, 0.3) is 0 Å². The van der Waals surface area contributed by atoms with Crippen LogP contribution in [-0.2, 0) is 0 Å². The summed E-state index contributed by atoms with van der Waals surface area (Å²) < 4.78 is 19.7. The zero-order valence-corrected chi connectivity index (χ0v) is 12.9. The predicted octanol–water partition coefficient (Wildman–Crippen LogP) is 3.10. The molecule has 2 aliphatic heterocycles. The first kappa shape index (κ1) is 14.8. The van der Waals surface area contributed by atoms with Crippen LogP contribution >= 0.6 is 0 Å². The van der Waals surface area contributed by atoms with E-state index in [1.165, 1.54) is 12.1 Å². The second-order valence-electron chi connectivity index (χ2n) is 6.97. The average molecular weight is 292 g/mol. The van der Waals surface area contributed by atoms with E-state index in [-0.39, 0.29) is 17.5 Å². The molecule has 1 aromatic carbocycles. The van der Waals surface area contributed by atoms with Gasteiger partial charge in [-0.05, 0) is 24.8 Å². The van der Waals surface area contributed by atoms with Gasteiger partial charge in [0.05, 0.1) is 0 Å². The zero-order valence-electron chi connectivity index (χ0n) is 12.9. The highest BCUT2D eigenvalue weighted by atomic mass is 19.1. The van der Waals surface area contributed by atoms with Crippen LogP contribution in [0.5, 0.6) is 5.75 Å². The molecule has 0 bridgehead atoms. The van der Waals surface area contributed by atoms with Crippen molar-refractivity contribution < 1.29 is 9.13 Å². The molecule has 0 aliphatic carbocycles. The lowest BCUT2D eigenvalue weighted by Gasteiger charge is -2.46. The molecule has 2 aliphatic rings. The fraction of sp³-hybridized carbons (Fsp3) is 0.647. The molecule has 1 fully saturated rings. The molecule has 0 unspecified atom stereocenters. The zero-order chi connectivity index (χ0) is 15.0. The van der Waals surface area contributed by atoms with E-state index in [1.807, 2.05) is 0 Å². The largest absolute Gasteiger partial charge is 0.487 e.